The molecule has 0 saturated carbocycles. The molecule has 0 fully saturated rings. The Balaban J connectivity index is 2.91. The zero-order valence-electron chi connectivity index (χ0n) is 7.37. The van der Waals surface area contributed by atoms with E-state index in [2.05, 4.69) is 4.98 Å². The number of hydrogen-bond donors (Lipinski definition) is 1. The highest BCUT2D eigenvalue weighted by Gasteiger charge is 1.92. The van der Waals surface area contributed by atoms with Crippen molar-refractivity contribution in [1.29, 1.82) is 5.26 Å². The van der Waals surface area contributed by atoms with Crippen molar-refractivity contribution >= 4 is 6.08 Å². The molecular formula is C10H10N2O. The largest absolute Gasteiger partial charge is 0.326 e. The molecule has 0 atom stereocenters. The van der Waals surface area contributed by atoms with Crippen LogP contribution in [0.2, 0.25) is 0 Å². The molecule has 1 aromatic heterocycles. The molecule has 66 valence electrons. The van der Waals surface area contributed by atoms with Crippen molar-refractivity contribution in [2.75, 3.05) is 0 Å². The van der Waals surface area contributed by atoms with Gasteiger partial charge in [0.1, 0.15) is 0 Å². The molecule has 0 unspecified atom stereocenters. The Kier molecular flexibility index (Phi) is 3.04. The fourth-order valence-corrected chi connectivity index (χ4v) is 1.01. The van der Waals surface area contributed by atoms with Gasteiger partial charge < -0.3 is 4.98 Å². The van der Waals surface area contributed by atoms with Crippen molar-refractivity contribution < 1.29 is 0 Å². The van der Waals surface area contributed by atoms with Gasteiger partial charge in [-0.1, -0.05) is 12.2 Å². The van der Waals surface area contributed by atoms with Crippen LogP contribution < -0.4 is 5.56 Å². The molecule has 1 rings (SSSR count). The average molecular weight is 174 g/mol. The molecule has 1 heterocycles. The third kappa shape index (κ3) is 2.60. The Morgan fingerprint density at radius 3 is 3.00 bits per heavy atom. The number of rotatable bonds is 2. The molecule has 1 aromatic rings. The number of H-pyrrole nitrogens is 1. The second kappa shape index (κ2) is 4.27. The maximum atomic E-state index is 10.8. The van der Waals surface area contributed by atoms with Crippen LogP contribution in [0.4, 0.5) is 0 Å². The summed E-state index contributed by atoms with van der Waals surface area (Å²) in [5, 5.41) is 8.30. The first-order valence-electron chi connectivity index (χ1n) is 3.97. The number of nitrogens with zero attached hydrogens (tertiary/aromatic N) is 1. The van der Waals surface area contributed by atoms with Crippen LogP contribution in [0.15, 0.2) is 23.0 Å². The molecular weight excluding hydrogens is 164 g/mol. The van der Waals surface area contributed by atoms with E-state index in [0.717, 1.165) is 11.3 Å². The van der Waals surface area contributed by atoms with Crippen LogP contribution in [0, 0.1) is 18.3 Å². The Morgan fingerprint density at radius 2 is 2.38 bits per heavy atom. The molecule has 0 aromatic carbocycles. The number of pyridine rings is 1. The fraction of sp³-hybridized carbons (Fsp3) is 0.200. The fourth-order valence-electron chi connectivity index (χ4n) is 1.01. The van der Waals surface area contributed by atoms with Gasteiger partial charge in [-0.2, -0.15) is 5.26 Å². The molecule has 3 heteroatoms. The first kappa shape index (κ1) is 9.27. The van der Waals surface area contributed by atoms with Gasteiger partial charge in [-0.25, -0.2) is 0 Å². The highest BCUT2D eigenvalue weighted by Crippen LogP contribution is 2.04. The molecule has 0 aliphatic rings. The maximum absolute atomic E-state index is 10.8. The highest BCUT2D eigenvalue weighted by atomic mass is 16.1. The summed E-state index contributed by atoms with van der Waals surface area (Å²) in [6.45, 7) is 1.83. The van der Waals surface area contributed by atoms with Crippen molar-refractivity contribution in [3.8, 4) is 6.07 Å². The summed E-state index contributed by atoms with van der Waals surface area (Å²) in [5.41, 5.74) is 1.66. The topological polar surface area (TPSA) is 56.6 Å². The Hall–Kier alpha value is -1.82. The lowest BCUT2D eigenvalue weighted by atomic mass is 10.2. The van der Waals surface area contributed by atoms with Crippen LogP contribution in [0.5, 0.6) is 0 Å². The lowest BCUT2D eigenvalue weighted by Crippen LogP contribution is -2.05. The van der Waals surface area contributed by atoms with Crippen molar-refractivity contribution in [1.82, 2.24) is 4.98 Å². The van der Waals surface area contributed by atoms with E-state index >= 15 is 0 Å². The van der Waals surface area contributed by atoms with E-state index in [1.165, 1.54) is 6.07 Å². The van der Waals surface area contributed by atoms with E-state index in [1.807, 2.05) is 19.1 Å². The van der Waals surface area contributed by atoms with Gasteiger partial charge in [-0.05, 0) is 18.6 Å². The lowest BCUT2D eigenvalue weighted by Gasteiger charge is -1.97. The minimum atomic E-state index is -0.102. The summed E-state index contributed by atoms with van der Waals surface area (Å²) in [6.07, 6.45) is 3.98. The maximum Gasteiger partial charge on any atom is 0.248 e. The monoisotopic (exact) mass is 174 g/mol. The van der Waals surface area contributed by atoms with Crippen LogP contribution in [0.3, 0.4) is 0 Å². The van der Waals surface area contributed by atoms with Crippen LogP contribution in [0.1, 0.15) is 17.7 Å². The summed E-state index contributed by atoms with van der Waals surface area (Å²) in [7, 11) is 0. The second-order valence-corrected chi connectivity index (χ2v) is 2.67. The van der Waals surface area contributed by atoms with Crippen molar-refractivity contribution in [3.63, 3.8) is 0 Å². The number of aryl methyl sites for hydroxylation is 1. The average Bonchev–Trinajstić information content (AvgIpc) is 2.09. The van der Waals surface area contributed by atoms with Gasteiger partial charge in [-0.3, -0.25) is 4.79 Å². The van der Waals surface area contributed by atoms with Crippen LogP contribution >= 0.6 is 0 Å². The molecule has 3 nitrogen and oxygen atoms in total. The highest BCUT2D eigenvalue weighted by molar-refractivity contribution is 5.51. The van der Waals surface area contributed by atoms with E-state index in [0.29, 0.717) is 6.42 Å². The number of nitriles is 1. The summed E-state index contributed by atoms with van der Waals surface area (Å²) >= 11 is 0. The molecule has 1 N–H and O–H groups in total. The van der Waals surface area contributed by atoms with Crippen molar-refractivity contribution in [3.05, 3.63) is 39.8 Å². The van der Waals surface area contributed by atoms with Crippen LogP contribution in [0.25, 0.3) is 6.08 Å². The van der Waals surface area contributed by atoms with E-state index in [4.69, 9.17) is 5.26 Å². The molecule has 0 saturated heterocycles. The van der Waals surface area contributed by atoms with Gasteiger partial charge in [-0.15, -0.1) is 0 Å². The molecule has 0 spiro atoms. The van der Waals surface area contributed by atoms with Gasteiger partial charge >= 0.3 is 0 Å². The minimum Gasteiger partial charge on any atom is -0.326 e. The van der Waals surface area contributed by atoms with E-state index in [9.17, 15) is 4.79 Å². The molecule has 0 bridgehead atoms. The lowest BCUT2D eigenvalue weighted by molar-refractivity contribution is 1.13. The van der Waals surface area contributed by atoms with Crippen molar-refractivity contribution in [2.45, 2.75) is 13.3 Å². The Morgan fingerprint density at radius 1 is 1.62 bits per heavy atom. The number of hydrogen-bond acceptors (Lipinski definition) is 2. The van der Waals surface area contributed by atoms with Crippen molar-refractivity contribution in [2.24, 2.45) is 0 Å². The SMILES string of the molecule is Cc1[nH]c(=O)ccc1C=CCC#N. The minimum absolute atomic E-state index is 0.102. The normalized spacial score (nSPS) is 10.2. The number of aromatic amines is 1. The third-order valence-electron chi connectivity index (χ3n) is 1.66. The molecule has 0 radical (unpaired) electrons. The summed E-state index contributed by atoms with van der Waals surface area (Å²) in [4.78, 5) is 13.5. The molecule has 13 heavy (non-hydrogen) atoms. The van der Waals surface area contributed by atoms with Crippen LogP contribution in [-0.4, -0.2) is 4.98 Å². The predicted molar refractivity (Wildman–Crippen MR) is 51.1 cm³/mol. The van der Waals surface area contributed by atoms with E-state index in [-0.39, 0.29) is 5.56 Å². The van der Waals surface area contributed by atoms with E-state index in [1.54, 1.807) is 12.1 Å². The summed E-state index contributed by atoms with van der Waals surface area (Å²) < 4.78 is 0. The predicted octanol–water partition coefficient (Wildman–Crippen LogP) is 1.61. The third-order valence-corrected chi connectivity index (χ3v) is 1.66. The zero-order chi connectivity index (χ0) is 9.68. The van der Waals surface area contributed by atoms with Gasteiger partial charge in [0.05, 0.1) is 12.5 Å². The summed E-state index contributed by atoms with van der Waals surface area (Å²) in [5.74, 6) is 0. The van der Waals surface area contributed by atoms with Gasteiger partial charge in [0, 0.05) is 11.8 Å². The molecule has 0 amide bonds. The second-order valence-electron chi connectivity index (χ2n) is 2.67. The molecule has 0 aliphatic carbocycles. The number of aromatic nitrogens is 1. The van der Waals surface area contributed by atoms with Gasteiger partial charge in [0.15, 0.2) is 0 Å². The Labute approximate surface area is 76.3 Å². The standard InChI is InChI=1S/C10H10N2O/c1-8-9(4-2-3-7-11)5-6-10(13)12-8/h2,4-6H,3H2,1H3,(H,12,13). The van der Waals surface area contributed by atoms with E-state index < -0.39 is 0 Å². The first-order valence-corrected chi connectivity index (χ1v) is 3.97. The van der Waals surface area contributed by atoms with Gasteiger partial charge in [0.2, 0.25) is 5.56 Å². The number of nitrogens with one attached hydrogen (secondary N) is 1. The first-order chi connectivity index (χ1) is 6.24. The summed E-state index contributed by atoms with van der Waals surface area (Å²) in [6, 6.07) is 5.22. The van der Waals surface area contributed by atoms with Crippen LogP contribution in [-0.2, 0) is 0 Å². The zero-order valence-corrected chi connectivity index (χ0v) is 7.37. The smallest absolute Gasteiger partial charge is 0.248 e. The van der Waals surface area contributed by atoms with Gasteiger partial charge in [0.25, 0.3) is 0 Å². The quantitative estimate of drug-likeness (QED) is 0.740. The number of allylic oxidation sites excluding steroid dienone is 1. The molecule has 0 aliphatic heterocycles. The Bertz CT molecular complexity index is 410.